The van der Waals surface area contributed by atoms with Gasteiger partial charge in [0.25, 0.3) is 0 Å². The van der Waals surface area contributed by atoms with E-state index in [1.165, 1.54) is 0 Å². The average molecular weight is 184 g/mol. The Morgan fingerprint density at radius 1 is 1.62 bits per heavy atom. The van der Waals surface area contributed by atoms with Crippen LogP contribution in [0.2, 0.25) is 0 Å². The Balaban J connectivity index is 2.66. The summed E-state index contributed by atoms with van der Waals surface area (Å²) in [6.45, 7) is 5.73. The molecule has 0 amide bonds. The molecule has 0 aromatic heterocycles. The molecular formula is C11H20O2. The SMILES string of the molecule is CC1CCC(C=O)(CC(C)(C)O)C1. The molecule has 0 aromatic carbocycles. The van der Waals surface area contributed by atoms with Crippen LogP contribution in [0, 0.1) is 11.3 Å². The second kappa shape index (κ2) is 3.41. The van der Waals surface area contributed by atoms with Crippen LogP contribution in [0.1, 0.15) is 46.5 Å². The second-order valence-corrected chi connectivity index (χ2v) is 5.32. The summed E-state index contributed by atoms with van der Waals surface area (Å²) in [5.41, 5.74) is -0.956. The summed E-state index contributed by atoms with van der Waals surface area (Å²) in [5.74, 6) is 0.632. The van der Waals surface area contributed by atoms with E-state index in [1.54, 1.807) is 13.8 Å². The van der Waals surface area contributed by atoms with Crippen LogP contribution in [0.25, 0.3) is 0 Å². The molecule has 1 rings (SSSR count). The van der Waals surface area contributed by atoms with Gasteiger partial charge < -0.3 is 9.90 Å². The zero-order valence-electron chi connectivity index (χ0n) is 8.84. The Kier molecular flexibility index (Phi) is 2.81. The van der Waals surface area contributed by atoms with Crippen LogP contribution in [0.3, 0.4) is 0 Å². The van der Waals surface area contributed by atoms with E-state index in [9.17, 15) is 9.90 Å². The molecule has 0 aliphatic heterocycles. The van der Waals surface area contributed by atoms with Crippen molar-refractivity contribution >= 4 is 6.29 Å². The Morgan fingerprint density at radius 2 is 2.23 bits per heavy atom. The van der Waals surface area contributed by atoms with Crippen molar-refractivity contribution in [2.24, 2.45) is 11.3 Å². The summed E-state index contributed by atoms with van der Waals surface area (Å²) in [5, 5.41) is 9.70. The van der Waals surface area contributed by atoms with Gasteiger partial charge in [0.1, 0.15) is 6.29 Å². The van der Waals surface area contributed by atoms with E-state index >= 15 is 0 Å². The highest BCUT2D eigenvalue weighted by Crippen LogP contribution is 2.45. The smallest absolute Gasteiger partial charge is 0.126 e. The molecule has 1 aliphatic rings. The standard InChI is InChI=1S/C11H20O2/c1-9-4-5-11(6-9,8-12)7-10(2,3)13/h8-9,13H,4-7H2,1-3H3. The van der Waals surface area contributed by atoms with Gasteiger partial charge in [0.05, 0.1) is 5.60 Å². The molecule has 13 heavy (non-hydrogen) atoms. The van der Waals surface area contributed by atoms with Crippen molar-refractivity contribution in [2.75, 3.05) is 0 Å². The molecule has 2 atom stereocenters. The van der Waals surface area contributed by atoms with Gasteiger partial charge in [0, 0.05) is 5.41 Å². The van der Waals surface area contributed by atoms with Crippen molar-refractivity contribution < 1.29 is 9.90 Å². The fourth-order valence-corrected chi connectivity index (χ4v) is 2.60. The van der Waals surface area contributed by atoms with Gasteiger partial charge in [0.2, 0.25) is 0 Å². The first-order chi connectivity index (χ1) is 5.87. The Labute approximate surface area is 80.3 Å². The van der Waals surface area contributed by atoms with E-state index in [-0.39, 0.29) is 5.41 Å². The van der Waals surface area contributed by atoms with E-state index in [1.807, 2.05) is 0 Å². The molecule has 0 spiro atoms. The molecule has 0 bridgehead atoms. The topological polar surface area (TPSA) is 37.3 Å². The minimum atomic E-state index is -0.717. The lowest BCUT2D eigenvalue weighted by atomic mass is 9.78. The number of hydrogen-bond acceptors (Lipinski definition) is 2. The number of carbonyl (C=O) groups excluding carboxylic acids is 1. The molecule has 2 unspecified atom stereocenters. The van der Waals surface area contributed by atoms with Gasteiger partial charge in [-0.05, 0) is 45.4 Å². The molecule has 1 fully saturated rings. The predicted octanol–water partition coefficient (Wildman–Crippen LogP) is 2.15. The summed E-state index contributed by atoms with van der Waals surface area (Å²) in [6.07, 6.45) is 4.68. The molecule has 2 nitrogen and oxygen atoms in total. The summed E-state index contributed by atoms with van der Waals surface area (Å²) >= 11 is 0. The third-order valence-electron chi connectivity index (χ3n) is 2.92. The van der Waals surface area contributed by atoms with Crippen LogP contribution in [0.15, 0.2) is 0 Å². The molecule has 1 saturated carbocycles. The Morgan fingerprint density at radius 3 is 2.54 bits per heavy atom. The lowest BCUT2D eigenvalue weighted by Gasteiger charge is -2.29. The molecule has 0 saturated heterocycles. The highest BCUT2D eigenvalue weighted by Gasteiger charge is 2.40. The first-order valence-corrected chi connectivity index (χ1v) is 5.06. The van der Waals surface area contributed by atoms with Crippen molar-refractivity contribution in [2.45, 2.75) is 52.1 Å². The molecule has 76 valence electrons. The zero-order chi connectivity index (χ0) is 10.1. The maximum atomic E-state index is 11.0. The molecule has 1 N–H and O–H groups in total. The normalized spacial score (nSPS) is 34.9. The first-order valence-electron chi connectivity index (χ1n) is 5.06. The number of aliphatic hydroxyl groups is 1. The van der Waals surface area contributed by atoms with Gasteiger partial charge in [-0.25, -0.2) is 0 Å². The van der Waals surface area contributed by atoms with Crippen molar-refractivity contribution in [1.29, 1.82) is 0 Å². The van der Waals surface area contributed by atoms with Gasteiger partial charge in [-0.3, -0.25) is 0 Å². The largest absolute Gasteiger partial charge is 0.390 e. The zero-order valence-corrected chi connectivity index (χ0v) is 8.84. The van der Waals surface area contributed by atoms with Gasteiger partial charge in [0.15, 0.2) is 0 Å². The number of aldehydes is 1. The number of rotatable bonds is 3. The van der Waals surface area contributed by atoms with Crippen LogP contribution >= 0.6 is 0 Å². The van der Waals surface area contributed by atoms with Gasteiger partial charge in [-0.15, -0.1) is 0 Å². The molecule has 2 heteroatoms. The lowest BCUT2D eigenvalue weighted by Crippen LogP contribution is -2.31. The summed E-state index contributed by atoms with van der Waals surface area (Å²) in [7, 11) is 0. The number of hydrogen-bond donors (Lipinski definition) is 1. The summed E-state index contributed by atoms with van der Waals surface area (Å²) in [6, 6.07) is 0. The van der Waals surface area contributed by atoms with Crippen molar-refractivity contribution in [3.05, 3.63) is 0 Å². The maximum Gasteiger partial charge on any atom is 0.126 e. The minimum absolute atomic E-state index is 0.238. The summed E-state index contributed by atoms with van der Waals surface area (Å²) < 4.78 is 0. The van der Waals surface area contributed by atoms with E-state index in [2.05, 4.69) is 6.92 Å². The summed E-state index contributed by atoms with van der Waals surface area (Å²) in [4.78, 5) is 11.0. The highest BCUT2D eigenvalue weighted by molar-refractivity contribution is 5.60. The fraction of sp³-hybridized carbons (Fsp3) is 0.909. The lowest BCUT2D eigenvalue weighted by molar-refractivity contribution is -0.119. The second-order valence-electron chi connectivity index (χ2n) is 5.32. The van der Waals surface area contributed by atoms with Crippen molar-refractivity contribution in [1.82, 2.24) is 0 Å². The Hall–Kier alpha value is -0.370. The quantitative estimate of drug-likeness (QED) is 0.682. The van der Waals surface area contributed by atoms with Gasteiger partial charge in [-0.1, -0.05) is 6.92 Å². The van der Waals surface area contributed by atoms with Gasteiger partial charge >= 0.3 is 0 Å². The van der Waals surface area contributed by atoms with E-state index in [0.717, 1.165) is 25.5 Å². The van der Waals surface area contributed by atoms with E-state index in [4.69, 9.17) is 0 Å². The first kappa shape index (κ1) is 10.7. The molecule has 0 aromatic rings. The number of carbonyl (C=O) groups is 1. The van der Waals surface area contributed by atoms with Crippen molar-refractivity contribution in [3.63, 3.8) is 0 Å². The fourth-order valence-electron chi connectivity index (χ4n) is 2.60. The van der Waals surface area contributed by atoms with Crippen LogP contribution < -0.4 is 0 Å². The third-order valence-corrected chi connectivity index (χ3v) is 2.92. The maximum absolute atomic E-state index is 11.0. The molecule has 0 radical (unpaired) electrons. The highest BCUT2D eigenvalue weighted by atomic mass is 16.3. The third kappa shape index (κ3) is 2.80. The van der Waals surface area contributed by atoms with E-state index < -0.39 is 5.60 Å². The van der Waals surface area contributed by atoms with Crippen molar-refractivity contribution in [3.8, 4) is 0 Å². The minimum Gasteiger partial charge on any atom is -0.390 e. The van der Waals surface area contributed by atoms with Crippen LogP contribution in [0.5, 0.6) is 0 Å². The average Bonchev–Trinajstić information content (AvgIpc) is 2.29. The Bertz CT molecular complexity index is 193. The van der Waals surface area contributed by atoms with E-state index in [0.29, 0.717) is 12.3 Å². The molecule has 1 aliphatic carbocycles. The monoisotopic (exact) mass is 184 g/mol. The van der Waals surface area contributed by atoms with Gasteiger partial charge in [-0.2, -0.15) is 0 Å². The molecule has 0 heterocycles. The van der Waals surface area contributed by atoms with Crippen LogP contribution in [-0.4, -0.2) is 17.0 Å². The predicted molar refractivity (Wildman–Crippen MR) is 52.4 cm³/mol. The molecular weight excluding hydrogens is 164 g/mol. The van der Waals surface area contributed by atoms with Crippen LogP contribution in [0.4, 0.5) is 0 Å². The van der Waals surface area contributed by atoms with Crippen LogP contribution in [-0.2, 0) is 4.79 Å².